The van der Waals surface area contributed by atoms with Crippen LogP contribution in [0, 0.1) is 11.3 Å². The Labute approximate surface area is 172 Å². The third kappa shape index (κ3) is 3.92. The van der Waals surface area contributed by atoms with Gasteiger partial charge in [0.05, 0.1) is 18.6 Å². The third-order valence-electron chi connectivity index (χ3n) is 6.43. The van der Waals surface area contributed by atoms with Gasteiger partial charge in [-0.15, -0.1) is 0 Å². The van der Waals surface area contributed by atoms with Crippen LogP contribution in [0.15, 0.2) is 59.5 Å². The number of sulfonamides is 1. The molecule has 2 aliphatic heterocycles. The van der Waals surface area contributed by atoms with Crippen LogP contribution in [0.1, 0.15) is 12.0 Å². The Morgan fingerprint density at radius 2 is 1.83 bits per heavy atom. The lowest BCUT2D eigenvalue weighted by Crippen LogP contribution is -2.50. The molecule has 0 radical (unpaired) electrons. The van der Waals surface area contributed by atoms with E-state index < -0.39 is 10.0 Å². The number of aliphatic hydroxyl groups excluding tert-OH is 1. The molecule has 2 fully saturated rings. The number of likely N-dealkylation sites (tertiary alicyclic amines) is 1. The van der Waals surface area contributed by atoms with E-state index in [1.165, 1.54) is 5.56 Å². The lowest BCUT2D eigenvalue weighted by molar-refractivity contribution is 0.0436. The van der Waals surface area contributed by atoms with Crippen LogP contribution < -0.4 is 4.74 Å². The van der Waals surface area contributed by atoms with Gasteiger partial charge in [-0.3, -0.25) is 4.90 Å². The van der Waals surface area contributed by atoms with Gasteiger partial charge in [0, 0.05) is 38.1 Å². The Hall–Kier alpha value is -1.93. The molecular formula is C22H28N2O4S. The minimum Gasteiger partial charge on any atom is -0.497 e. The second kappa shape index (κ2) is 8.07. The molecule has 2 atom stereocenters. The zero-order valence-electron chi connectivity index (χ0n) is 16.7. The number of fused-ring (bicyclic) bond motifs is 1. The maximum absolute atomic E-state index is 13.1. The Bertz CT molecular complexity index is 933. The fraction of sp³-hybridized carbons (Fsp3) is 0.455. The monoisotopic (exact) mass is 416 g/mol. The molecule has 4 rings (SSSR count). The fourth-order valence-electron chi connectivity index (χ4n) is 4.70. The van der Waals surface area contributed by atoms with Crippen LogP contribution in [-0.2, 0) is 16.6 Å². The quantitative estimate of drug-likeness (QED) is 0.782. The first kappa shape index (κ1) is 20.3. The van der Waals surface area contributed by atoms with E-state index in [1.54, 1.807) is 35.7 Å². The summed E-state index contributed by atoms with van der Waals surface area (Å²) in [6, 6.07) is 16.8. The first-order chi connectivity index (χ1) is 14.0. The van der Waals surface area contributed by atoms with Crippen molar-refractivity contribution in [3.8, 4) is 5.75 Å². The van der Waals surface area contributed by atoms with Gasteiger partial charge in [-0.1, -0.05) is 30.3 Å². The standard InChI is InChI=1S/C22H28N2O4S/c1-28-20-7-9-21(10-8-20)29(26,27)24-12-11-22(17-25)16-23(14-19(22)15-24)13-18-5-3-2-4-6-18/h2-10,19,25H,11-17H2,1H3/t19-,22-/m0/s1. The molecule has 0 amide bonds. The number of piperidine rings is 1. The highest BCUT2D eigenvalue weighted by molar-refractivity contribution is 7.89. The highest BCUT2D eigenvalue weighted by Crippen LogP contribution is 2.44. The van der Waals surface area contributed by atoms with Gasteiger partial charge in [0.15, 0.2) is 0 Å². The smallest absolute Gasteiger partial charge is 0.243 e. The van der Waals surface area contributed by atoms with Gasteiger partial charge in [0.25, 0.3) is 0 Å². The van der Waals surface area contributed by atoms with Gasteiger partial charge in [-0.2, -0.15) is 4.31 Å². The van der Waals surface area contributed by atoms with Gasteiger partial charge in [-0.25, -0.2) is 8.42 Å². The predicted molar refractivity (Wildman–Crippen MR) is 111 cm³/mol. The molecule has 0 unspecified atom stereocenters. The SMILES string of the molecule is COc1ccc(S(=O)(=O)N2CC[C@@]3(CO)CN(Cc4ccccc4)C[C@H]3C2)cc1. The molecule has 1 N–H and O–H groups in total. The maximum Gasteiger partial charge on any atom is 0.243 e. The number of methoxy groups -OCH3 is 1. The summed E-state index contributed by atoms with van der Waals surface area (Å²) in [4.78, 5) is 2.63. The number of hydrogen-bond acceptors (Lipinski definition) is 5. The molecule has 0 bridgehead atoms. The number of hydrogen-bond donors (Lipinski definition) is 1. The molecule has 156 valence electrons. The van der Waals surface area contributed by atoms with Gasteiger partial charge < -0.3 is 9.84 Å². The summed E-state index contributed by atoms with van der Waals surface area (Å²) in [6.07, 6.45) is 0.675. The van der Waals surface area contributed by atoms with E-state index in [9.17, 15) is 13.5 Å². The molecule has 6 nitrogen and oxygen atoms in total. The summed E-state index contributed by atoms with van der Waals surface area (Å²) in [6.45, 7) is 3.40. The van der Waals surface area contributed by atoms with Crippen LogP contribution in [0.3, 0.4) is 0 Å². The predicted octanol–water partition coefficient (Wildman–Crippen LogP) is 2.20. The second-order valence-corrected chi connectivity index (χ2v) is 10.1. The molecule has 2 aliphatic rings. The molecule has 0 saturated carbocycles. The van der Waals surface area contributed by atoms with Crippen molar-refractivity contribution in [1.29, 1.82) is 0 Å². The molecule has 0 aliphatic carbocycles. The van der Waals surface area contributed by atoms with Crippen LogP contribution in [0.2, 0.25) is 0 Å². The minimum atomic E-state index is -3.56. The zero-order chi connectivity index (χ0) is 20.5. The van der Waals surface area contributed by atoms with Crippen LogP contribution in [0.5, 0.6) is 5.75 Å². The number of rotatable bonds is 6. The average molecular weight is 417 g/mol. The van der Waals surface area contributed by atoms with Crippen LogP contribution in [-0.4, -0.2) is 62.6 Å². The summed E-state index contributed by atoms with van der Waals surface area (Å²) in [5.74, 6) is 0.757. The van der Waals surface area contributed by atoms with E-state index in [-0.39, 0.29) is 22.8 Å². The van der Waals surface area contributed by atoms with Crippen molar-refractivity contribution in [2.45, 2.75) is 17.9 Å². The molecule has 0 aromatic heterocycles. The average Bonchev–Trinajstić information content (AvgIpc) is 3.12. The van der Waals surface area contributed by atoms with E-state index in [1.807, 2.05) is 18.2 Å². The fourth-order valence-corrected chi connectivity index (χ4v) is 6.18. The topological polar surface area (TPSA) is 70.1 Å². The molecule has 2 aromatic carbocycles. The van der Waals surface area contributed by atoms with Crippen molar-refractivity contribution in [3.63, 3.8) is 0 Å². The van der Waals surface area contributed by atoms with Crippen molar-refractivity contribution in [1.82, 2.24) is 9.21 Å². The first-order valence-corrected chi connectivity index (χ1v) is 11.4. The van der Waals surface area contributed by atoms with Gasteiger partial charge in [0.1, 0.15) is 5.75 Å². The number of nitrogens with zero attached hydrogens (tertiary/aromatic N) is 2. The molecule has 2 aromatic rings. The Kier molecular flexibility index (Phi) is 5.66. The molecule has 2 heterocycles. The van der Waals surface area contributed by atoms with E-state index in [4.69, 9.17) is 4.74 Å². The van der Waals surface area contributed by atoms with Crippen LogP contribution >= 0.6 is 0 Å². The molecule has 7 heteroatoms. The van der Waals surface area contributed by atoms with Crippen molar-refractivity contribution in [2.75, 3.05) is 39.9 Å². The summed E-state index contributed by atoms with van der Waals surface area (Å²) in [7, 11) is -2.00. The number of ether oxygens (including phenoxy) is 1. The zero-order valence-corrected chi connectivity index (χ0v) is 17.5. The molecule has 29 heavy (non-hydrogen) atoms. The second-order valence-electron chi connectivity index (χ2n) is 8.16. The van der Waals surface area contributed by atoms with Crippen molar-refractivity contribution in [2.24, 2.45) is 11.3 Å². The summed E-state index contributed by atoms with van der Waals surface area (Å²) in [5, 5.41) is 10.2. The minimum absolute atomic E-state index is 0.0966. The molecule has 0 spiro atoms. The van der Waals surface area contributed by atoms with Crippen molar-refractivity contribution < 1.29 is 18.3 Å². The Balaban J connectivity index is 1.50. The van der Waals surface area contributed by atoms with E-state index in [0.29, 0.717) is 25.3 Å². The number of benzene rings is 2. The van der Waals surface area contributed by atoms with Crippen LogP contribution in [0.25, 0.3) is 0 Å². The summed E-state index contributed by atoms with van der Waals surface area (Å²) in [5.41, 5.74) is 1.02. The maximum atomic E-state index is 13.1. The van der Waals surface area contributed by atoms with Gasteiger partial charge >= 0.3 is 0 Å². The Morgan fingerprint density at radius 3 is 2.48 bits per heavy atom. The first-order valence-electron chi connectivity index (χ1n) is 9.98. The van der Waals surface area contributed by atoms with E-state index >= 15 is 0 Å². The van der Waals surface area contributed by atoms with Crippen molar-refractivity contribution in [3.05, 3.63) is 60.2 Å². The normalized spacial score (nSPS) is 25.7. The highest BCUT2D eigenvalue weighted by Gasteiger charge is 2.50. The number of aliphatic hydroxyl groups is 1. The highest BCUT2D eigenvalue weighted by atomic mass is 32.2. The summed E-state index contributed by atoms with van der Waals surface area (Å²) < 4.78 is 33.0. The van der Waals surface area contributed by atoms with Crippen molar-refractivity contribution >= 4 is 10.0 Å². The lowest BCUT2D eigenvalue weighted by atomic mass is 9.74. The lowest BCUT2D eigenvalue weighted by Gasteiger charge is -2.41. The van der Waals surface area contributed by atoms with E-state index in [2.05, 4.69) is 17.0 Å². The largest absolute Gasteiger partial charge is 0.497 e. The van der Waals surface area contributed by atoms with Gasteiger partial charge in [0.2, 0.25) is 10.0 Å². The van der Waals surface area contributed by atoms with E-state index in [0.717, 1.165) is 19.6 Å². The molecule has 2 saturated heterocycles. The Morgan fingerprint density at radius 1 is 1.10 bits per heavy atom. The van der Waals surface area contributed by atoms with Crippen LogP contribution in [0.4, 0.5) is 0 Å². The molecular weight excluding hydrogens is 388 g/mol. The summed E-state index contributed by atoms with van der Waals surface area (Å²) >= 11 is 0. The van der Waals surface area contributed by atoms with Gasteiger partial charge in [-0.05, 0) is 42.2 Å². The third-order valence-corrected chi connectivity index (χ3v) is 8.31.